The molecule has 0 radical (unpaired) electrons. The van der Waals surface area contributed by atoms with Crippen molar-refractivity contribution in [2.45, 2.75) is 39.7 Å². The molecule has 0 aromatic heterocycles. The average molecular weight is 234 g/mol. The molecule has 0 saturated carbocycles. The highest BCUT2D eigenvalue weighted by atomic mass is 16.3. The average Bonchev–Trinajstić information content (AvgIpc) is 2.15. The van der Waals surface area contributed by atoms with Gasteiger partial charge in [-0.15, -0.1) is 6.58 Å². The highest BCUT2D eigenvalue weighted by Crippen LogP contribution is 2.11. The molecule has 1 atom stereocenters. The zero-order valence-electron chi connectivity index (χ0n) is 11.2. The minimum atomic E-state index is -0.888. The minimum absolute atomic E-state index is 0.0115. The van der Waals surface area contributed by atoms with Crippen molar-refractivity contribution in [3.05, 3.63) is 48.1 Å². The molecule has 2 heteroatoms. The molecular formula is C15H22O2. The Morgan fingerprint density at radius 2 is 1.88 bits per heavy atom. The molecular weight excluding hydrogens is 212 g/mol. The van der Waals surface area contributed by atoms with E-state index in [-0.39, 0.29) is 5.78 Å². The van der Waals surface area contributed by atoms with E-state index in [0.717, 1.165) is 11.1 Å². The fourth-order valence-electron chi connectivity index (χ4n) is 1.17. The molecule has 1 N–H and O–H groups in total. The third kappa shape index (κ3) is 8.40. The fraction of sp³-hybridized carbons (Fsp3) is 0.400. The SMILES string of the molecule is C=CC(C)(O)C/C=C/C(C)=C\C(=O)C=C(C)C. The second-order valence-electron chi connectivity index (χ2n) is 4.68. The predicted molar refractivity (Wildman–Crippen MR) is 72.8 cm³/mol. The van der Waals surface area contributed by atoms with Crippen molar-refractivity contribution < 1.29 is 9.90 Å². The van der Waals surface area contributed by atoms with E-state index in [1.165, 1.54) is 6.08 Å². The van der Waals surface area contributed by atoms with E-state index in [1.54, 1.807) is 19.1 Å². The van der Waals surface area contributed by atoms with Crippen LogP contribution in [0.2, 0.25) is 0 Å². The number of ketones is 1. The lowest BCUT2D eigenvalue weighted by Crippen LogP contribution is -2.18. The summed E-state index contributed by atoms with van der Waals surface area (Å²) in [5.41, 5.74) is 0.964. The van der Waals surface area contributed by atoms with Crippen molar-refractivity contribution in [1.29, 1.82) is 0 Å². The van der Waals surface area contributed by atoms with Gasteiger partial charge in [-0.2, -0.15) is 0 Å². The maximum atomic E-state index is 11.4. The van der Waals surface area contributed by atoms with Gasteiger partial charge in [-0.1, -0.05) is 23.8 Å². The first kappa shape index (κ1) is 15.6. The summed E-state index contributed by atoms with van der Waals surface area (Å²) >= 11 is 0. The van der Waals surface area contributed by atoms with E-state index in [4.69, 9.17) is 0 Å². The Balaban J connectivity index is 4.45. The summed E-state index contributed by atoms with van der Waals surface area (Å²) in [4.78, 5) is 11.4. The summed E-state index contributed by atoms with van der Waals surface area (Å²) in [6.45, 7) is 10.9. The molecule has 0 aromatic rings. The van der Waals surface area contributed by atoms with Crippen LogP contribution in [0.25, 0.3) is 0 Å². The molecule has 0 aliphatic rings. The molecule has 94 valence electrons. The largest absolute Gasteiger partial charge is 0.386 e. The first-order chi connectivity index (χ1) is 7.76. The monoisotopic (exact) mass is 234 g/mol. The minimum Gasteiger partial charge on any atom is -0.386 e. The molecule has 1 unspecified atom stereocenters. The fourth-order valence-corrected chi connectivity index (χ4v) is 1.17. The number of aliphatic hydroxyl groups is 1. The third-order valence-corrected chi connectivity index (χ3v) is 2.15. The van der Waals surface area contributed by atoms with E-state index >= 15 is 0 Å². The summed E-state index contributed by atoms with van der Waals surface area (Å²) < 4.78 is 0. The lowest BCUT2D eigenvalue weighted by molar-refractivity contribution is -0.110. The van der Waals surface area contributed by atoms with Crippen molar-refractivity contribution in [1.82, 2.24) is 0 Å². The lowest BCUT2D eigenvalue weighted by atomic mass is 10.0. The van der Waals surface area contributed by atoms with Crippen LogP contribution < -0.4 is 0 Å². The number of carbonyl (C=O) groups is 1. The van der Waals surface area contributed by atoms with Gasteiger partial charge in [0, 0.05) is 0 Å². The maximum Gasteiger partial charge on any atom is 0.178 e. The molecule has 0 fully saturated rings. The molecule has 0 bridgehead atoms. The van der Waals surface area contributed by atoms with Gasteiger partial charge < -0.3 is 5.11 Å². The highest BCUT2D eigenvalue weighted by molar-refractivity contribution is 6.00. The third-order valence-electron chi connectivity index (χ3n) is 2.15. The van der Waals surface area contributed by atoms with Gasteiger partial charge in [-0.25, -0.2) is 0 Å². The molecule has 17 heavy (non-hydrogen) atoms. The van der Waals surface area contributed by atoms with Crippen molar-refractivity contribution in [2.75, 3.05) is 0 Å². The molecule has 2 nitrogen and oxygen atoms in total. The van der Waals surface area contributed by atoms with Crippen molar-refractivity contribution in [3.63, 3.8) is 0 Å². The Labute approximate surface area is 104 Å². The van der Waals surface area contributed by atoms with Crippen LogP contribution in [0.3, 0.4) is 0 Å². The van der Waals surface area contributed by atoms with Crippen LogP contribution in [0.15, 0.2) is 48.1 Å². The molecule has 0 aromatic carbocycles. The van der Waals surface area contributed by atoms with Gasteiger partial charge in [0.2, 0.25) is 0 Å². The Morgan fingerprint density at radius 3 is 2.35 bits per heavy atom. The summed E-state index contributed by atoms with van der Waals surface area (Å²) in [5.74, 6) is -0.0115. The topological polar surface area (TPSA) is 37.3 Å². The number of hydrogen-bond acceptors (Lipinski definition) is 2. The zero-order valence-corrected chi connectivity index (χ0v) is 11.2. The second-order valence-corrected chi connectivity index (χ2v) is 4.68. The van der Waals surface area contributed by atoms with Crippen LogP contribution in [0.4, 0.5) is 0 Å². The van der Waals surface area contributed by atoms with Crippen LogP contribution in [0.5, 0.6) is 0 Å². The predicted octanol–water partition coefficient (Wildman–Crippen LogP) is 3.35. The van der Waals surface area contributed by atoms with E-state index in [2.05, 4.69) is 6.58 Å². The van der Waals surface area contributed by atoms with E-state index < -0.39 is 5.60 Å². The van der Waals surface area contributed by atoms with Gasteiger partial charge in [0.15, 0.2) is 5.78 Å². The summed E-state index contributed by atoms with van der Waals surface area (Å²) in [6, 6.07) is 0. The van der Waals surface area contributed by atoms with Crippen LogP contribution in [-0.2, 0) is 4.79 Å². The number of hydrogen-bond donors (Lipinski definition) is 1. The van der Waals surface area contributed by atoms with Crippen molar-refractivity contribution >= 4 is 5.78 Å². The number of carbonyl (C=O) groups excluding carboxylic acids is 1. The van der Waals surface area contributed by atoms with E-state index in [0.29, 0.717) is 6.42 Å². The smallest absolute Gasteiger partial charge is 0.178 e. The number of allylic oxidation sites excluding steroid dienone is 5. The maximum absolute atomic E-state index is 11.4. The van der Waals surface area contributed by atoms with Gasteiger partial charge in [-0.3, -0.25) is 4.79 Å². The summed E-state index contributed by atoms with van der Waals surface area (Å²) in [7, 11) is 0. The lowest BCUT2D eigenvalue weighted by Gasteiger charge is -2.14. The van der Waals surface area contributed by atoms with E-state index in [9.17, 15) is 9.90 Å². The van der Waals surface area contributed by atoms with Gasteiger partial charge in [-0.05, 0) is 51.8 Å². The Hall–Kier alpha value is -1.41. The standard InChI is InChI=1S/C15H22O2/c1-6-15(5,17)9-7-8-13(4)11-14(16)10-12(2)3/h6-8,10-11,17H,1,9H2,2-5H3/b8-7+,13-11-. The van der Waals surface area contributed by atoms with E-state index in [1.807, 2.05) is 32.9 Å². The van der Waals surface area contributed by atoms with Crippen LogP contribution >= 0.6 is 0 Å². The first-order valence-electron chi connectivity index (χ1n) is 5.66. The quantitative estimate of drug-likeness (QED) is 0.435. The van der Waals surface area contributed by atoms with Crippen LogP contribution in [0, 0.1) is 0 Å². The molecule has 0 aliphatic carbocycles. The van der Waals surface area contributed by atoms with Gasteiger partial charge in [0.1, 0.15) is 0 Å². The molecule has 0 rings (SSSR count). The van der Waals surface area contributed by atoms with Gasteiger partial charge in [0.05, 0.1) is 5.60 Å². The Kier molecular flexibility index (Phi) is 6.44. The van der Waals surface area contributed by atoms with Crippen molar-refractivity contribution in [2.24, 2.45) is 0 Å². The summed E-state index contributed by atoms with van der Waals surface area (Å²) in [5, 5.41) is 9.67. The van der Waals surface area contributed by atoms with Crippen LogP contribution in [0.1, 0.15) is 34.1 Å². The molecule has 0 aliphatic heterocycles. The van der Waals surface area contributed by atoms with Crippen molar-refractivity contribution in [3.8, 4) is 0 Å². The normalized spacial score (nSPS) is 15.5. The van der Waals surface area contributed by atoms with Crippen LogP contribution in [-0.4, -0.2) is 16.5 Å². The molecule has 0 amide bonds. The second kappa shape index (κ2) is 7.02. The van der Waals surface area contributed by atoms with Gasteiger partial charge >= 0.3 is 0 Å². The Bertz CT molecular complexity index is 364. The summed E-state index contributed by atoms with van der Waals surface area (Å²) in [6.07, 6.45) is 8.82. The highest BCUT2D eigenvalue weighted by Gasteiger charge is 2.11. The molecule has 0 saturated heterocycles. The van der Waals surface area contributed by atoms with Gasteiger partial charge in [0.25, 0.3) is 0 Å². The zero-order chi connectivity index (χ0) is 13.5. The molecule has 0 heterocycles. The molecule has 0 spiro atoms. The number of rotatable bonds is 6. The Morgan fingerprint density at radius 1 is 1.29 bits per heavy atom. The first-order valence-corrected chi connectivity index (χ1v) is 5.66.